The third-order valence-electron chi connectivity index (χ3n) is 9.45. The topological polar surface area (TPSA) is 81.2 Å². The minimum absolute atomic E-state index is 0.0740. The second-order valence-corrected chi connectivity index (χ2v) is 14.0. The van der Waals surface area contributed by atoms with Crippen LogP contribution in [0.4, 0.5) is 11.4 Å². The number of aliphatic hydroxyl groups is 1. The fourth-order valence-corrected chi connectivity index (χ4v) is 9.66. The number of hydrogen-bond donors (Lipinski definition) is 1. The molecule has 3 heterocycles. The summed E-state index contributed by atoms with van der Waals surface area (Å²) in [6.07, 6.45) is 4.82. The van der Waals surface area contributed by atoms with E-state index in [2.05, 4.69) is 13.2 Å². The monoisotopic (exact) mass is 601 g/mol. The summed E-state index contributed by atoms with van der Waals surface area (Å²) in [5.41, 5.74) is 3.52. The van der Waals surface area contributed by atoms with Crippen LogP contribution in [0.15, 0.2) is 73.8 Å². The first-order valence-electron chi connectivity index (χ1n) is 15.2. The number of anilines is 2. The van der Waals surface area contributed by atoms with Gasteiger partial charge in [-0.05, 0) is 61.9 Å². The van der Waals surface area contributed by atoms with Gasteiger partial charge in [0, 0.05) is 29.7 Å². The quantitative estimate of drug-likeness (QED) is 0.361. The van der Waals surface area contributed by atoms with E-state index in [-0.39, 0.29) is 42.0 Å². The van der Waals surface area contributed by atoms with E-state index in [0.29, 0.717) is 13.0 Å². The Morgan fingerprint density at radius 1 is 1.07 bits per heavy atom. The third-order valence-corrected chi connectivity index (χ3v) is 11.4. The van der Waals surface area contributed by atoms with Crippen LogP contribution >= 0.6 is 11.8 Å². The number of hydrogen-bond acceptors (Lipinski definition) is 5. The van der Waals surface area contributed by atoms with Crippen molar-refractivity contribution in [1.29, 1.82) is 0 Å². The maximum Gasteiger partial charge on any atom is 0.251 e. The van der Waals surface area contributed by atoms with Crippen molar-refractivity contribution in [1.82, 2.24) is 4.90 Å². The fraction of sp³-hybridized carbons (Fsp3) is 0.457. The first-order valence-corrected chi connectivity index (χ1v) is 16.1. The number of thioether (sulfide) groups is 1. The molecule has 5 rings (SSSR count). The van der Waals surface area contributed by atoms with Gasteiger partial charge in [0.1, 0.15) is 6.04 Å². The van der Waals surface area contributed by atoms with Crippen LogP contribution in [0.3, 0.4) is 0 Å². The number of benzene rings is 2. The van der Waals surface area contributed by atoms with Gasteiger partial charge in [0.15, 0.2) is 0 Å². The Labute approximate surface area is 259 Å². The van der Waals surface area contributed by atoms with Gasteiger partial charge in [-0.2, -0.15) is 0 Å². The van der Waals surface area contributed by atoms with Crippen LogP contribution in [-0.2, 0) is 14.4 Å². The molecule has 3 amide bonds. The molecule has 1 spiro atoms. The molecule has 3 saturated heterocycles. The summed E-state index contributed by atoms with van der Waals surface area (Å²) >= 11 is 1.65. The number of aryl methyl sites for hydroxylation is 2. The number of fused-ring (bicyclic) bond motifs is 1. The molecule has 7 nitrogen and oxygen atoms in total. The molecule has 2 unspecified atom stereocenters. The average molecular weight is 602 g/mol. The maximum absolute atomic E-state index is 14.9. The predicted molar refractivity (Wildman–Crippen MR) is 174 cm³/mol. The van der Waals surface area contributed by atoms with Gasteiger partial charge in [-0.1, -0.05) is 56.3 Å². The smallest absolute Gasteiger partial charge is 0.251 e. The van der Waals surface area contributed by atoms with Crippen LogP contribution in [0.25, 0.3) is 0 Å². The Kier molecular flexibility index (Phi) is 8.91. The molecule has 0 aliphatic carbocycles. The third kappa shape index (κ3) is 5.12. The number of carbonyl (C=O) groups excluding carboxylic acids is 3. The van der Waals surface area contributed by atoms with Crippen LogP contribution in [0.2, 0.25) is 0 Å². The van der Waals surface area contributed by atoms with E-state index in [1.807, 2.05) is 76.2 Å². The molecule has 43 heavy (non-hydrogen) atoms. The Balaban J connectivity index is 1.62. The maximum atomic E-state index is 14.9. The summed E-state index contributed by atoms with van der Waals surface area (Å²) in [7, 11) is 0. The van der Waals surface area contributed by atoms with Gasteiger partial charge in [0.05, 0.1) is 29.2 Å². The van der Waals surface area contributed by atoms with Crippen molar-refractivity contribution in [2.24, 2.45) is 17.8 Å². The second-order valence-electron chi connectivity index (χ2n) is 12.4. The Morgan fingerprint density at radius 3 is 2.37 bits per heavy atom. The lowest BCUT2D eigenvalue weighted by Crippen LogP contribution is -2.58. The summed E-state index contributed by atoms with van der Waals surface area (Å²) in [6, 6.07) is 14.1. The Bertz CT molecular complexity index is 1410. The zero-order valence-corrected chi connectivity index (χ0v) is 26.4. The predicted octanol–water partition coefficient (Wildman–Crippen LogP) is 5.15. The van der Waals surface area contributed by atoms with Crippen molar-refractivity contribution in [2.75, 3.05) is 29.5 Å². The standard InChI is InChI=1S/C35H43N3O4S/c1-7-18-36(25-12-10-9-11-13-25)32(40)29-28-16-17-35(43-28)30(29)33(41)38(27(21-39)22(3)4)31(35)34(42)37(19-8-2)26-20-23(5)14-15-24(26)6/h7-15,20,22,27-31,39H,1-2,16-19,21H2,3-6H3/t27-,28-,29+,30-,31?,35?/m0/s1. The molecule has 0 radical (unpaired) electrons. The number of para-hydroxylation sites is 1. The van der Waals surface area contributed by atoms with E-state index in [1.54, 1.807) is 38.6 Å². The summed E-state index contributed by atoms with van der Waals surface area (Å²) in [4.78, 5) is 49.2. The van der Waals surface area contributed by atoms with E-state index in [9.17, 15) is 19.5 Å². The summed E-state index contributed by atoms with van der Waals surface area (Å²) in [5, 5.41) is 10.5. The molecule has 0 saturated carbocycles. The Hall–Kier alpha value is -3.36. The SMILES string of the molecule is C=CCN(C(=O)[C@@H]1[C@@H]2CCC3(S2)C(C(=O)N(CC=C)c2cc(C)ccc2C)N([C@@H](CO)C(C)C)C(=O)[C@H]13)c1ccccc1. The zero-order valence-electron chi connectivity index (χ0n) is 25.6. The van der Waals surface area contributed by atoms with Gasteiger partial charge in [0.2, 0.25) is 11.8 Å². The second kappa shape index (κ2) is 12.3. The summed E-state index contributed by atoms with van der Waals surface area (Å²) < 4.78 is -0.769. The molecule has 2 aromatic rings. The van der Waals surface area contributed by atoms with Gasteiger partial charge >= 0.3 is 0 Å². The molecule has 3 aliphatic rings. The zero-order chi connectivity index (χ0) is 31.1. The van der Waals surface area contributed by atoms with Crippen LogP contribution in [0.5, 0.6) is 0 Å². The van der Waals surface area contributed by atoms with Crippen molar-refractivity contribution >= 4 is 40.9 Å². The minimum atomic E-state index is -0.818. The molecule has 3 fully saturated rings. The van der Waals surface area contributed by atoms with Crippen molar-refractivity contribution in [2.45, 2.75) is 62.6 Å². The first kappa shape index (κ1) is 31.1. The van der Waals surface area contributed by atoms with Crippen molar-refractivity contribution < 1.29 is 19.5 Å². The van der Waals surface area contributed by atoms with Crippen molar-refractivity contribution in [3.63, 3.8) is 0 Å². The fourth-order valence-electron chi connectivity index (χ4n) is 7.46. The molecule has 228 valence electrons. The summed E-state index contributed by atoms with van der Waals surface area (Å²) in [6.45, 7) is 16.0. The average Bonchev–Trinajstić information content (AvgIpc) is 3.64. The van der Waals surface area contributed by atoms with Gasteiger partial charge in [-0.25, -0.2) is 0 Å². The molecule has 1 N–H and O–H groups in total. The number of nitrogens with zero attached hydrogens (tertiary/aromatic N) is 3. The highest BCUT2D eigenvalue weighted by Crippen LogP contribution is 2.67. The van der Waals surface area contributed by atoms with E-state index in [1.165, 1.54) is 0 Å². The van der Waals surface area contributed by atoms with Gasteiger partial charge < -0.3 is 19.8 Å². The molecule has 0 aromatic heterocycles. The van der Waals surface area contributed by atoms with Crippen LogP contribution in [0, 0.1) is 31.6 Å². The molecule has 6 atom stereocenters. The van der Waals surface area contributed by atoms with Gasteiger partial charge in [0.25, 0.3) is 5.91 Å². The van der Waals surface area contributed by atoms with E-state index < -0.39 is 28.7 Å². The molecule has 3 aliphatic heterocycles. The summed E-state index contributed by atoms with van der Waals surface area (Å²) in [5.74, 6) is -1.83. The highest BCUT2D eigenvalue weighted by Gasteiger charge is 2.74. The number of likely N-dealkylation sites (tertiary alicyclic amines) is 1. The van der Waals surface area contributed by atoms with E-state index in [0.717, 1.165) is 28.9 Å². The van der Waals surface area contributed by atoms with Crippen molar-refractivity contribution in [3.8, 4) is 0 Å². The minimum Gasteiger partial charge on any atom is -0.394 e. The molecular formula is C35H43N3O4S. The van der Waals surface area contributed by atoms with Crippen LogP contribution in [-0.4, -0.2) is 69.5 Å². The molecule has 8 heteroatoms. The van der Waals surface area contributed by atoms with E-state index in [4.69, 9.17) is 0 Å². The van der Waals surface area contributed by atoms with Gasteiger partial charge in [-0.15, -0.1) is 24.9 Å². The first-order chi connectivity index (χ1) is 20.6. The van der Waals surface area contributed by atoms with E-state index >= 15 is 0 Å². The Morgan fingerprint density at radius 2 is 1.74 bits per heavy atom. The number of amides is 3. The van der Waals surface area contributed by atoms with Crippen LogP contribution in [0.1, 0.15) is 37.8 Å². The van der Waals surface area contributed by atoms with Crippen molar-refractivity contribution in [3.05, 3.63) is 85.0 Å². The largest absolute Gasteiger partial charge is 0.394 e. The van der Waals surface area contributed by atoms with Gasteiger partial charge in [-0.3, -0.25) is 14.4 Å². The molecular weight excluding hydrogens is 558 g/mol. The highest BCUT2D eigenvalue weighted by atomic mass is 32.2. The lowest BCUT2D eigenvalue weighted by Gasteiger charge is -2.41. The lowest BCUT2D eigenvalue weighted by atomic mass is 9.70. The normalized spacial score (nSPS) is 26.4. The number of rotatable bonds is 11. The number of carbonyl (C=O) groups is 3. The molecule has 2 aromatic carbocycles. The van der Waals surface area contributed by atoms with Crippen LogP contribution < -0.4 is 9.80 Å². The molecule has 2 bridgehead atoms. The highest BCUT2D eigenvalue weighted by molar-refractivity contribution is 8.02. The lowest BCUT2D eigenvalue weighted by molar-refractivity contribution is -0.142. The number of aliphatic hydroxyl groups excluding tert-OH is 1.